The zero-order valence-electron chi connectivity index (χ0n) is 13.6. The Labute approximate surface area is 146 Å². The van der Waals surface area contributed by atoms with Crippen molar-refractivity contribution in [2.45, 2.75) is 6.92 Å². The fourth-order valence-electron chi connectivity index (χ4n) is 3.00. The summed E-state index contributed by atoms with van der Waals surface area (Å²) >= 11 is 0. The molecule has 24 heavy (non-hydrogen) atoms. The van der Waals surface area contributed by atoms with Crippen molar-refractivity contribution in [2.75, 3.05) is 33.2 Å². The normalized spacial score (nSPS) is 17.0. The van der Waals surface area contributed by atoms with Crippen LogP contribution in [-0.4, -0.2) is 48.9 Å². The number of aryl methyl sites for hydroxylation is 1. The zero-order chi connectivity index (χ0) is 16.0. The molecule has 128 valence electrons. The molecule has 2 aliphatic rings. The lowest BCUT2D eigenvalue weighted by Crippen LogP contribution is -2.47. The standard InChI is InChI=1S/C17H18N2O4.ClH/c1-11-12-3-4-13-16(22-10-9-21-13)15(12)23-14(11)17(20)19-7-5-18(2)6-8-19;/h3-4,9-10H,5-8H2,1-2H3;1H. The van der Waals surface area contributed by atoms with Gasteiger partial charge in [-0.1, -0.05) is 0 Å². The van der Waals surface area contributed by atoms with Crippen LogP contribution in [0.4, 0.5) is 0 Å². The lowest BCUT2D eigenvalue weighted by atomic mass is 10.1. The minimum absolute atomic E-state index is 0. The van der Waals surface area contributed by atoms with Crippen LogP contribution in [0, 0.1) is 6.92 Å². The molecule has 0 bridgehead atoms. The molecule has 3 heterocycles. The Kier molecular flexibility index (Phi) is 4.43. The van der Waals surface area contributed by atoms with E-state index in [2.05, 4.69) is 11.9 Å². The van der Waals surface area contributed by atoms with Gasteiger partial charge in [0.05, 0.1) is 0 Å². The molecule has 0 spiro atoms. The molecule has 0 saturated carbocycles. The van der Waals surface area contributed by atoms with Crippen molar-refractivity contribution in [3.05, 3.63) is 36.0 Å². The largest absolute Gasteiger partial charge is 0.458 e. The van der Waals surface area contributed by atoms with Gasteiger partial charge in [0.2, 0.25) is 5.75 Å². The van der Waals surface area contributed by atoms with E-state index < -0.39 is 0 Å². The van der Waals surface area contributed by atoms with Crippen LogP contribution < -0.4 is 9.47 Å². The van der Waals surface area contributed by atoms with E-state index in [-0.39, 0.29) is 18.3 Å². The van der Waals surface area contributed by atoms with Crippen LogP contribution in [-0.2, 0) is 0 Å². The maximum absolute atomic E-state index is 12.8. The molecule has 2 aliphatic heterocycles. The summed E-state index contributed by atoms with van der Waals surface area (Å²) in [6, 6.07) is 3.73. The molecule has 0 N–H and O–H groups in total. The van der Waals surface area contributed by atoms with E-state index in [0.29, 0.717) is 35.9 Å². The minimum Gasteiger partial charge on any atom is -0.458 e. The number of likely N-dealkylation sites (N-methyl/N-ethyl adjacent to an activating group) is 1. The number of carbonyl (C=O) groups is 1. The van der Waals surface area contributed by atoms with Gasteiger partial charge in [0.25, 0.3) is 5.91 Å². The Morgan fingerprint density at radius 2 is 1.79 bits per heavy atom. The first-order valence-corrected chi connectivity index (χ1v) is 7.67. The summed E-state index contributed by atoms with van der Waals surface area (Å²) in [6.07, 6.45) is 2.93. The highest BCUT2D eigenvalue weighted by Gasteiger charge is 2.28. The summed E-state index contributed by atoms with van der Waals surface area (Å²) in [6.45, 7) is 5.09. The van der Waals surface area contributed by atoms with E-state index in [9.17, 15) is 4.79 Å². The molecule has 0 radical (unpaired) electrons. The quantitative estimate of drug-likeness (QED) is 0.791. The number of nitrogens with zero attached hydrogens (tertiary/aromatic N) is 2. The van der Waals surface area contributed by atoms with Crippen LogP contribution in [0.15, 0.2) is 29.1 Å². The van der Waals surface area contributed by atoms with Crippen LogP contribution in [0.3, 0.4) is 0 Å². The topological polar surface area (TPSA) is 55.2 Å². The molecule has 6 nitrogen and oxygen atoms in total. The van der Waals surface area contributed by atoms with Crippen molar-refractivity contribution in [2.24, 2.45) is 0 Å². The molecular weight excluding hydrogens is 332 g/mol. The molecule has 1 fully saturated rings. The Morgan fingerprint density at radius 1 is 1.08 bits per heavy atom. The van der Waals surface area contributed by atoms with Crippen molar-refractivity contribution < 1.29 is 18.7 Å². The molecular formula is C17H19ClN2O4. The predicted octanol–water partition coefficient (Wildman–Crippen LogP) is 2.79. The smallest absolute Gasteiger partial charge is 0.289 e. The second-order valence-corrected chi connectivity index (χ2v) is 5.93. The third-order valence-electron chi connectivity index (χ3n) is 4.45. The van der Waals surface area contributed by atoms with Crippen molar-refractivity contribution in [1.82, 2.24) is 9.80 Å². The van der Waals surface area contributed by atoms with Gasteiger partial charge < -0.3 is 23.7 Å². The van der Waals surface area contributed by atoms with Gasteiger partial charge in [0.15, 0.2) is 17.1 Å². The minimum atomic E-state index is -0.0622. The van der Waals surface area contributed by atoms with E-state index in [4.69, 9.17) is 13.9 Å². The molecule has 1 saturated heterocycles. The average Bonchev–Trinajstić information content (AvgIpc) is 2.92. The number of hydrogen-bond donors (Lipinski definition) is 0. The summed E-state index contributed by atoms with van der Waals surface area (Å²) in [5.74, 6) is 1.43. The highest BCUT2D eigenvalue weighted by atomic mass is 35.5. The third-order valence-corrected chi connectivity index (χ3v) is 4.45. The average molecular weight is 351 g/mol. The first-order valence-electron chi connectivity index (χ1n) is 7.67. The number of fused-ring (bicyclic) bond motifs is 3. The number of carbonyl (C=O) groups excluding carboxylic acids is 1. The number of amides is 1. The second kappa shape index (κ2) is 6.37. The Hall–Kier alpha value is -2.18. The number of piperazine rings is 1. The second-order valence-electron chi connectivity index (χ2n) is 5.93. The highest BCUT2D eigenvalue weighted by Crippen LogP contribution is 2.41. The molecule has 1 amide bonds. The lowest BCUT2D eigenvalue weighted by molar-refractivity contribution is 0.0633. The molecule has 1 aromatic heterocycles. The van der Waals surface area contributed by atoms with Crippen molar-refractivity contribution in [3.63, 3.8) is 0 Å². The maximum Gasteiger partial charge on any atom is 0.289 e. The van der Waals surface area contributed by atoms with Crippen LogP contribution in [0.2, 0.25) is 0 Å². The zero-order valence-corrected chi connectivity index (χ0v) is 14.4. The Balaban J connectivity index is 0.00000169. The van der Waals surface area contributed by atoms with Crippen LogP contribution >= 0.6 is 12.4 Å². The molecule has 0 atom stereocenters. The summed E-state index contributed by atoms with van der Waals surface area (Å²) in [5.41, 5.74) is 1.40. The fraction of sp³-hybridized carbons (Fsp3) is 0.353. The summed E-state index contributed by atoms with van der Waals surface area (Å²) in [4.78, 5) is 16.8. The number of halogens is 1. The summed E-state index contributed by atoms with van der Waals surface area (Å²) in [7, 11) is 2.06. The van der Waals surface area contributed by atoms with Gasteiger partial charge in [-0.3, -0.25) is 4.79 Å². The first-order chi connectivity index (χ1) is 11.1. The fourth-order valence-corrected chi connectivity index (χ4v) is 3.00. The van der Waals surface area contributed by atoms with E-state index in [0.717, 1.165) is 24.0 Å². The van der Waals surface area contributed by atoms with E-state index >= 15 is 0 Å². The Morgan fingerprint density at radius 3 is 2.54 bits per heavy atom. The number of hydrogen-bond acceptors (Lipinski definition) is 5. The predicted molar refractivity (Wildman–Crippen MR) is 92.0 cm³/mol. The molecule has 7 heteroatoms. The van der Waals surface area contributed by atoms with E-state index in [1.54, 1.807) is 0 Å². The van der Waals surface area contributed by atoms with Crippen LogP contribution in [0.5, 0.6) is 11.5 Å². The molecule has 2 aromatic rings. The lowest BCUT2D eigenvalue weighted by Gasteiger charge is -2.31. The van der Waals surface area contributed by atoms with Gasteiger partial charge >= 0.3 is 0 Å². The number of rotatable bonds is 1. The monoisotopic (exact) mass is 350 g/mol. The third kappa shape index (κ3) is 2.61. The molecule has 0 unspecified atom stereocenters. The molecule has 0 aliphatic carbocycles. The Bertz CT molecular complexity index is 807. The van der Waals surface area contributed by atoms with Gasteiger partial charge in [0.1, 0.15) is 12.5 Å². The van der Waals surface area contributed by atoms with E-state index in [1.165, 1.54) is 12.5 Å². The summed E-state index contributed by atoms with van der Waals surface area (Å²) < 4.78 is 16.8. The van der Waals surface area contributed by atoms with Gasteiger partial charge in [-0.15, -0.1) is 12.4 Å². The van der Waals surface area contributed by atoms with Crippen molar-refractivity contribution in [3.8, 4) is 11.5 Å². The number of benzene rings is 1. The van der Waals surface area contributed by atoms with Crippen LogP contribution in [0.1, 0.15) is 16.1 Å². The molecule has 1 aromatic carbocycles. The van der Waals surface area contributed by atoms with Crippen molar-refractivity contribution in [1.29, 1.82) is 0 Å². The van der Waals surface area contributed by atoms with Crippen molar-refractivity contribution >= 4 is 29.3 Å². The first kappa shape index (κ1) is 16.7. The van der Waals surface area contributed by atoms with Gasteiger partial charge in [-0.25, -0.2) is 0 Å². The molecule has 4 rings (SSSR count). The van der Waals surface area contributed by atoms with Gasteiger partial charge in [-0.2, -0.15) is 0 Å². The van der Waals surface area contributed by atoms with Crippen LogP contribution in [0.25, 0.3) is 11.0 Å². The van der Waals surface area contributed by atoms with E-state index in [1.807, 2.05) is 24.0 Å². The SMILES string of the molecule is Cc1c(C(=O)N2CCN(C)CC2)oc2c3c(ccc12)OC=CO3.Cl. The number of ether oxygens (including phenoxy) is 2. The number of furan rings is 1. The van der Waals surface area contributed by atoms with Gasteiger partial charge in [-0.05, 0) is 26.1 Å². The summed E-state index contributed by atoms with van der Waals surface area (Å²) in [5, 5.41) is 0.875. The highest BCUT2D eigenvalue weighted by molar-refractivity contribution is 6.01. The maximum atomic E-state index is 12.8. The van der Waals surface area contributed by atoms with Gasteiger partial charge in [0, 0.05) is 37.1 Å².